The predicted molar refractivity (Wildman–Crippen MR) is 91.0 cm³/mol. The zero-order valence-electron chi connectivity index (χ0n) is 12.4. The summed E-state index contributed by atoms with van der Waals surface area (Å²) < 4.78 is 5.19. The van der Waals surface area contributed by atoms with Gasteiger partial charge in [0.25, 0.3) is 0 Å². The van der Waals surface area contributed by atoms with Crippen LogP contribution in [0.3, 0.4) is 0 Å². The van der Waals surface area contributed by atoms with Gasteiger partial charge in [-0.2, -0.15) is 11.3 Å². The van der Waals surface area contributed by atoms with Crippen molar-refractivity contribution in [3.63, 3.8) is 0 Å². The number of aromatic nitrogens is 1. The van der Waals surface area contributed by atoms with Crippen molar-refractivity contribution in [2.24, 2.45) is 0 Å². The standard InChI is InChI=1S/C18H16N2O2S/c21-18(22-12-14-4-2-1-3-5-14)20-11-15-6-8-19-17(10-15)16-7-9-23-13-16/h1-10,13H,11-12H2,(H,20,21). The maximum Gasteiger partial charge on any atom is 0.407 e. The van der Waals surface area contributed by atoms with E-state index in [1.54, 1.807) is 17.5 Å². The molecule has 2 heterocycles. The van der Waals surface area contributed by atoms with Crippen molar-refractivity contribution >= 4 is 17.4 Å². The molecule has 0 spiro atoms. The minimum absolute atomic E-state index is 0.267. The second-order valence-electron chi connectivity index (χ2n) is 4.98. The van der Waals surface area contributed by atoms with Gasteiger partial charge in [-0.3, -0.25) is 4.98 Å². The molecule has 1 aromatic carbocycles. The summed E-state index contributed by atoms with van der Waals surface area (Å²) in [5.41, 5.74) is 3.94. The SMILES string of the molecule is O=C(NCc1ccnc(-c2ccsc2)c1)OCc1ccccc1. The second-order valence-corrected chi connectivity index (χ2v) is 5.76. The molecule has 0 radical (unpaired) electrons. The van der Waals surface area contributed by atoms with Crippen molar-refractivity contribution in [2.75, 3.05) is 0 Å². The molecule has 0 aliphatic heterocycles. The van der Waals surface area contributed by atoms with E-state index >= 15 is 0 Å². The Morgan fingerprint density at radius 2 is 2.00 bits per heavy atom. The van der Waals surface area contributed by atoms with Crippen LogP contribution in [-0.4, -0.2) is 11.1 Å². The minimum atomic E-state index is -0.428. The van der Waals surface area contributed by atoms with E-state index in [9.17, 15) is 4.79 Å². The third-order valence-electron chi connectivity index (χ3n) is 3.29. The lowest BCUT2D eigenvalue weighted by Crippen LogP contribution is -2.23. The van der Waals surface area contributed by atoms with E-state index in [-0.39, 0.29) is 6.61 Å². The number of amides is 1. The number of rotatable bonds is 5. The van der Waals surface area contributed by atoms with E-state index in [0.29, 0.717) is 6.54 Å². The highest BCUT2D eigenvalue weighted by molar-refractivity contribution is 7.08. The first-order valence-corrected chi connectivity index (χ1v) is 8.17. The fourth-order valence-corrected chi connectivity index (χ4v) is 2.75. The molecule has 2 aromatic heterocycles. The highest BCUT2D eigenvalue weighted by Crippen LogP contribution is 2.20. The average Bonchev–Trinajstić information content (AvgIpc) is 3.14. The van der Waals surface area contributed by atoms with Gasteiger partial charge in [-0.1, -0.05) is 30.3 Å². The minimum Gasteiger partial charge on any atom is -0.445 e. The Kier molecular flexibility index (Phi) is 5.01. The molecule has 23 heavy (non-hydrogen) atoms. The first kappa shape index (κ1) is 15.2. The number of pyridine rings is 1. The lowest BCUT2D eigenvalue weighted by molar-refractivity contribution is 0.139. The van der Waals surface area contributed by atoms with Crippen LogP contribution < -0.4 is 5.32 Å². The number of alkyl carbamates (subject to hydrolysis) is 1. The molecule has 1 amide bonds. The largest absolute Gasteiger partial charge is 0.445 e. The maximum absolute atomic E-state index is 11.8. The van der Waals surface area contributed by atoms with E-state index in [4.69, 9.17) is 4.74 Å². The van der Waals surface area contributed by atoms with Gasteiger partial charge in [-0.15, -0.1) is 0 Å². The molecular weight excluding hydrogens is 308 g/mol. The number of nitrogens with zero attached hydrogens (tertiary/aromatic N) is 1. The van der Waals surface area contributed by atoms with Crippen molar-refractivity contribution in [3.05, 3.63) is 76.6 Å². The number of thiophene rings is 1. The van der Waals surface area contributed by atoms with Gasteiger partial charge in [0.1, 0.15) is 6.61 Å². The number of carbonyl (C=O) groups is 1. The first-order chi connectivity index (χ1) is 11.3. The predicted octanol–water partition coefficient (Wildman–Crippen LogP) is 4.24. The molecule has 0 fully saturated rings. The highest BCUT2D eigenvalue weighted by Gasteiger charge is 2.05. The summed E-state index contributed by atoms with van der Waals surface area (Å²) >= 11 is 1.63. The fraction of sp³-hybridized carbons (Fsp3) is 0.111. The normalized spacial score (nSPS) is 10.3. The summed E-state index contributed by atoms with van der Waals surface area (Å²) in [4.78, 5) is 16.1. The molecule has 0 unspecified atom stereocenters. The van der Waals surface area contributed by atoms with Gasteiger partial charge in [0.05, 0.1) is 5.69 Å². The average molecular weight is 324 g/mol. The lowest BCUT2D eigenvalue weighted by Gasteiger charge is -2.08. The monoisotopic (exact) mass is 324 g/mol. The van der Waals surface area contributed by atoms with Gasteiger partial charge in [0.2, 0.25) is 0 Å². The summed E-state index contributed by atoms with van der Waals surface area (Å²) in [7, 11) is 0. The van der Waals surface area contributed by atoms with Crippen LogP contribution in [0.5, 0.6) is 0 Å². The molecule has 0 aliphatic rings. The van der Waals surface area contributed by atoms with E-state index in [1.165, 1.54) is 0 Å². The summed E-state index contributed by atoms with van der Waals surface area (Å²) in [5.74, 6) is 0. The lowest BCUT2D eigenvalue weighted by atomic mass is 10.1. The molecule has 1 N–H and O–H groups in total. The zero-order valence-corrected chi connectivity index (χ0v) is 13.3. The van der Waals surface area contributed by atoms with Crippen LogP contribution in [0.4, 0.5) is 4.79 Å². The molecule has 3 rings (SSSR count). The van der Waals surface area contributed by atoms with Crippen molar-refractivity contribution < 1.29 is 9.53 Å². The smallest absolute Gasteiger partial charge is 0.407 e. The van der Waals surface area contributed by atoms with Gasteiger partial charge in [-0.25, -0.2) is 4.79 Å². The molecule has 0 aliphatic carbocycles. The summed E-state index contributed by atoms with van der Waals surface area (Å²) in [6.07, 6.45) is 1.32. The van der Waals surface area contributed by atoms with Gasteiger partial charge in [0, 0.05) is 23.7 Å². The van der Waals surface area contributed by atoms with Crippen molar-refractivity contribution in [1.29, 1.82) is 0 Å². The second kappa shape index (κ2) is 7.56. The Labute approximate surface area is 138 Å². The van der Waals surface area contributed by atoms with Crippen LogP contribution in [0.25, 0.3) is 11.3 Å². The molecule has 0 saturated heterocycles. The van der Waals surface area contributed by atoms with Crippen molar-refractivity contribution in [1.82, 2.24) is 10.3 Å². The molecule has 0 saturated carbocycles. The number of hydrogen-bond donors (Lipinski definition) is 1. The number of hydrogen-bond acceptors (Lipinski definition) is 4. The first-order valence-electron chi connectivity index (χ1n) is 7.23. The van der Waals surface area contributed by atoms with E-state index < -0.39 is 6.09 Å². The van der Waals surface area contributed by atoms with Crippen molar-refractivity contribution in [2.45, 2.75) is 13.2 Å². The molecule has 4 nitrogen and oxygen atoms in total. The third-order valence-corrected chi connectivity index (χ3v) is 3.97. The van der Waals surface area contributed by atoms with Crippen LogP contribution in [0.1, 0.15) is 11.1 Å². The summed E-state index contributed by atoms with van der Waals surface area (Å²) in [5, 5.41) is 6.82. The zero-order chi connectivity index (χ0) is 15.9. The molecule has 3 aromatic rings. The van der Waals surface area contributed by atoms with Crippen LogP contribution in [0, 0.1) is 0 Å². The number of ether oxygens (including phenoxy) is 1. The van der Waals surface area contributed by atoms with Crippen LogP contribution >= 0.6 is 11.3 Å². The van der Waals surface area contributed by atoms with E-state index in [2.05, 4.69) is 10.3 Å². The fourth-order valence-electron chi connectivity index (χ4n) is 2.10. The Morgan fingerprint density at radius 3 is 2.78 bits per heavy atom. The van der Waals surface area contributed by atoms with E-state index in [0.717, 1.165) is 22.4 Å². The van der Waals surface area contributed by atoms with Gasteiger partial charge in [-0.05, 0) is 34.7 Å². The summed E-state index contributed by atoms with van der Waals surface area (Å²) in [6.45, 7) is 0.677. The molecule has 5 heteroatoms. The topological polar surface area (TPSA) is 51.2 Å². The van der Waals surface area contributed by atoms with Crippen LogP contribution in [0.2, 0.25) is 0 Å². The Bertz CT molecular complexity index is 758. The quantitative estimate of drug-likeness (QED) is 0.764. The highest BCUT2D eigenvalue weighted by atomic mass is 32.1. The maximum atomic E-state index is 11.8. The summed E-state index contributed by atoms with van der Waals surface area (Å²) in [6, 6.07) is 15.5. The molecule has 116 valence electrons. The van der Waals surface area contributed by atoms with Crippen LogP contribution in [0.15, 0.2) is 65.5 Å². The molecule has 0 bridgehead atoms. The Hall–Kier alpha value is -2.66. The van der Waals surface area contributed by atoms with Gasteiger partial charge < -0.3 is 10.1 Å². The third kappa shape index (κ3) is 4.40. The van der Waals surface area contributed by atoms with Crippen LogP contribution in [-0.2, 0) is 17.9 Å². The van der Waals surface area contributed by atoms with Gasteiger partial charge >= 0.3 is 6.09 Å². The molecular formula is C18H16N2O2S. The number of carbonyl (C=O) groups excluding carboxylic acids is 1. The number of nitrogens with one attached hydrogen (secondary N) is 1. The Morgan fingerprint density at radius 1 is 1.13 bits per heavy atom. The van der Waals surface area contributed by atoms with E-state index in [1.807, 2.05) is 59.3 Å². The molecule has 0 atom stereocenters. The Balaban J connectivity index is 1.52. The van der Waals surface area contributed by atoms with Gasteiger partial charge in [0.15, 0.2) is 0 Å². The number of benzene rings is 1. The van der Waals surface area contributed by atoms with Crippen molar-refractivity contribution in [3.8, 4) is 11.3 Å².